The fourth-order valence-electron chi connectivity index (χ4n) is 3.03. The van der Waals surface area contributed by atoms with Crippen molar-refractivity contribution >= 4 is 11.8 Å². The van der Waals surface area contributed by atoms with E-state index in [1.54, 1.807) is 0 Å². The van der Waals surface area contributed by atoms with E-state index in [0.29, 0.717) is 13.0 Å². The van der Waals surface area contributed by atoms with Gasteiger partial charge >= 0.3 is 0 Å². The first kappa shape index (κ1) is 12.9. The van der Waals surface area contributed by atoms with E-state index in [9.17, 15) is 9.59 Å². The Labute approximate surface area is 113 Å². The van der Waals surface area contributed by atoms with Crippen molar-refractivity contribution in [2.75, 3.05) is 19.6 Å². The second-order valence-corrected chi connectivity index (χ2v) is 6.08. The van der Waals surface area contributed by atoms with Crippen molar-refractivity contribution in [2.45, 2.75) is 50.7 Å². The van der Waals surface area contributed by atoms with E-state index >= 15 is 0 Å². The molecule has 3 aliphatic rings. The Morgan fingerprint density at radius 2 is 2.05 bits per heavy atom. The Morgan fingerprint density at radius 1 is 1.32 bits per heavy atom. The van der Waals surface area contributed by atoms with Crippen molar-refractivity contribution in [2.24, 2.45) is 5.92 Å². The molecule has 1 spiro atoms. The second kappa shape index (κ2) is 4.78. The van der Waals surface area contributed by atoms with Crippen LogP contribution in [0.25, 0.3) is 0 Å². The third-order valence-corrected chi connectivity index (χ3v) is 4.40. The lowest BCUT2D eigenvalue weighted by Crippen LogP contribution is -2.63. The summed E-state index contributed by atoms with van der Waals surface area (Å²) in [6.07, 6.45) is 4.76. The Bertz CT molecular complexity index is 386. The van der Waals surface area contributed by atoms with Crippen molar-refractivity contribution in [1.29, 1.82) is 0 Å². The molecule has 5 heteroatoms. The summed E-state index contributed by atoms with van der Waals surface area (Å²) in [5, 5.41) is 2.97. The second-order valence-electron chi connectivity index (χ2n) is 6.08. The van der Waals surface area contributed by atoms with Gasteiger partial charge in [0.15, 0.2) is 0 Å². The molecule has 0 aromatic carbocycles. The first-order chi connectivity index (χ1) is 9.12. The largest absolute Gasteiger partial charge is 0.366 e. The average Bonchev–Trinajstić information content (AvgIpc) is 3.13. The number of carbonyl (C=O) groups is 2. The molecule has 0 aromatic rings. The minimum Gasteiger partial charge on any atom is -0.366 e. The van der Waals surface area contributed by atoms with Gasteiger partial charge in [0.1, 0.15) is 5.60 Å². The molecule has 2 amide bonds. The van der Waals surface area contributed by atoms with Gasteiger partial charge in [0.2, 0.25) is 11.8 Å². The van der Waals surface area contributed by atoms with Crippen LogP contribution in [0.5, 0.6) is 0 Å². The van der Waals surface area contributed by atoms with Crippen molar-refractivity contribution in [3.63, 3.8) is 0 Å². The summed E-state index contributed by atoms with van der Waals surface area (Å²) >= 11 is 0. The van der Waals surface area contributed by atoms with Crippen LogP contribution in [-0.2, 0) is 14.3 Å². The molecule has 3 fully saturated rings. The van der Waals surface area contributed by atoms with Crippen molar-refractivity contribution < 1.29 is 14.3 Å². The Kier molecular flexibility index (Phi) is 3.25. The van der Waals surface area contributed by atoms with E-state index < -0.39 is 0 Å². The lowest BCUT2D eigenvalue weighted by molar-refractivity contribution is -0.164. The van der Waals surface area contributed by atoms with Crippen molar-refractivity contribution in [1.82, 2.24) is 10.2 Å². The van der Waals surface area contributed by atoms with Crippen LogP contribution >= 0.6 is 0 Å². The van der Waals surface area contributed by atoms with Gasteiger partial charge in [-0.1, -0.05) is 6.92 Å². The summed E-state index contributed by atoms with van der Waals surface area (Å²) in [6.45, 7) is 3.97. The molecule has 2 aliphatic heterocycles. The summed E-state index contributed by atoms with van der Waals surface area (Å²) in [5.74, 6) is 0.650. The summed E-state index contributed by atoms with van der Waals surface area (Å²) in [6, 6.07) is 0. The predicted octanol–water partition coefficient (Wildman–Crippen LogP) is 0.683. The lowest BCUT2D eigenvalue weighted by atomic mass is 9.90. The number of ether oxygens (including phenoxy) is 1. The zero-order valence-corrected chi connectivity index (χ0v) is 11.5. The van der Waals surface area contributed by atoms with Gasteiger partial charge in [-0.25, -0.2) is 0 Å². The molecule has 2 saturated heterocycles. The molecule has 106 valence electrons. The topological polar surface area (TPSA) is 58.6 Å². The molecule has 0 bridgehead atoms. The van der Waals surface area contributed by atoms with Crippen LogP contribution in [0.4, 0.5) is 0 Å². The highest BCUT2D eigenvalue weighted by molar-refractivity contribution is 5.80. The molecule has 19 heavy (non-hydrogen) atoms. The van der Waals surface area contributed by atoms with Gasteiger partial charge in [0.25, 0.3) is 0 Å². The minimum atomic E-state index is -0.111. The third kappa shape index (κ3) is 2.61. The van der Waals surface area contributed by atoms with Gasteiger partial charge in [0, 0.05) is 18.9 Å². The SMILES string of the molecule is CCC(=O)N1CC2(CCC(CNC(=O)C3CC3)O2)C1. The molecule has 1 atom stereocenters. The van der Waals surface area contributed by atoms with Gasteiger partial charge < -0.3 is 15.0 Å². The molecule has 2 heterocycles. The normalized spacial score (nSPS) is 28.3. The maximum Gasteiger partial charge on any atom is 0.223 e. The van der Waals surface area contributed by atoms with Gasteiger partial charge in [0.05, 0.1) is 19.2 Å². The predicted molar refractivity (Wildman–Crippen MR) is 69.4 cm³/mol. The third-order valence-electron chi connectivity index (χ3n) is 4.40. The molecule has 0 radical (unpaired) electrons. The molecule has 5 nitrogen and oxygen atoms in total. The number of hydrogen-bond acceptors (Lipinski definition) is 3. The lowest BCUT2D eigenvalue weighted by Gasteiger charge is -2.47. The van der Waals surface area contributed by atoms with Gasteiger partial charge in [-0.3, -0.25) is 9.59 Å². The molecule has 3 rings (SSSR count). The van der Waals surface area contributed by atoms with Crippen molar-refractivity contribution in [3.8, 4) is 0 Å². The maximum absolute atomic E-state index is 11.6. The molecule has 1 unspecified atom stereocenters. The van der Waals surface area contributed by atoms with Crippen LogP contribution in [0, 0.1) is 5.92 Å². The minimum absolute atomic E-state index is 0.111. The smallest absolute Gasteiger partial charge is 0.223 e. The Morgan fingerprint density at radius 3 is 2.68 bits per heavy atom. The first-order valence-corrected chi connectivity index (χ1v) is 7.35. The standard InChI is InChI=1S/C14H22N2O3/c1-2-12(17)16-8-14(9-16)6-5-11(19-14)7-15-13(18)10-3-4-10/h10-11H,2-9H2,1H3,(H,15,18). The fourth-order valence-corrected chi connectivity index (χ4v) is 3.03. The first-order valence-electron chi connectivity index (χ1n) is 7.35. The van der Waals surface area contributed by atoms with Gasteiger partial charge in [-0.2, -0.15) is 0 Å². The molecule has 1 N–H and O–H groups in total. The zero-order valence-electron chi connectivity index (χ0n) is 11.5. The number of carbonyl (C=O) groups excluding carboxylic acids is 2. The Balaban J connectivity index is 1.41. The van der Waals surface area contributed by atoms with E-state index in [1.165, 1.54) is 0 Å². The number of hydrogen-bond donors (Lipinski definition) is 1. The average molecular weight is 266 g/mol. The van der Waals surface area contributed by atoms with E-state index in [4.69, 9.17) is 4.74 Å². The number of amides is 2. The van der Waals surface area contributed by atoms with Gasteiger partial charge in [-0.15, -0.1) is 0 Å². The molecular weight excluding hydrogens is 244 g/mol. The van der Waals surface area contributed by atoms with Crippen LogP contribution in [-0.4, -0.2) is 48.1 Å². The van der Waals surface area contributed by atoms with Crippen LogP contribution in [0.3, 0.4) is 0 Å². The highest BCUT2D eigenvalue weighted by Crippen LogP contribution is 2.38. The van der Waals surface area contributed by atoms with Crippen LogP contribution in [0.15, 0.2) is 0 Å². The number of rotatable bonds is 4. The van der Waals surface area contributed by atoms with Crippen LogP contribution in [0.1, 0.15) is 39.0 Å². The number of nitrogens with one attached hydrogen (secondary N) is 1. The van der Waals surface area contributed by atoms with Gasteiger partial charge in [-0.05, 0) is 25.7 Å². The summed E-state index contributed by atoms with van der Waals surface area (Å²) in [5.41, 5.74) is -0.111. The zero-order chi connectivity index (χ0) is 13.5. The number of likely N-dealkylation sites (tertiary alicyclic amines) is 1. The quantitative estimate of drug-likeness (QED) is 0.814. The van der Waals surface area contributed by atoms with Crippen LogP contribution < -0.4 is 5.32 Å². The highest BCUT2D eigenvalue weighted by atomic mass is 16.5. The summed E-state index contributed by atoms with van der Waals surface area (Å²) in [4.78, 5) is 25.0. The van der Waals surface area contributed by atoms with Crippen LogP contribution in [0.2, 0.25) is 0 Å². The van der Waals surface area contributed by atoms with E-state index in [1.807, 2.05) is 11.8 Å². The summed E-state index contributed by atoms with van der Waals surface area (Å²) < 4.78 is 6.05. The molecular formula is C14H22N2O3. The molecule has 0 aromatic heterocycles. The van der Waals surface area contributed by atoms with Crippen molar-refractivity contribution in [3.05, 3.63) is 0 Å². The highest BCUT2D eigenvalue weighted by Gasteiger charge is 2.50. The number of nitrogens with zero attached hydrogens (tertiary/aromatic N) is 1. The van der Waals surface area contributed by atoms with E-state index in [2.05, 4.69) is 5.32 Å². The fraction of sp³-hybridized carbons (Fsp3) is 0.857. The van der Waals surface area contributed by atoms with E-state index in [0.717, 1.165) is 38.8 Å². The molecule has 1 aliphatic carbocycles. The molecule has 1 saturated carbocycles. The Hall–Kier alpha value is -1.10. The summed E-state index contributed by atoms with van der Waals surface area (Å²) in [7, 11) is 0. The monoisotopic (exact) mass is 266 g/mol. The van der Waals surface area contributed by atoms with E-state index in [-0.39, 0.29) is 29.4 Å². The maximum atomic E-state index is 11.6.